The summed E-state index contributed by atoms with van der Waals surface area (Å²) < 4.78 is 0. The number of carbonyl (C=O) groups is 1. The van der Waals surface area contributed by atoms with E-state index in [4.69, 9.17) is 0 Å². The average Bonchev–Trinajstić information content (AvgIpc) is 2.29. The van der Waals surface area contributed by atoms with Gasteiger partial charge in [0.05, 0.1) is 0 Å². The van der Waals surface area contributed by atoms with Crippen molar-refractivity contribution >= 4 is 5.91 Å². The van der Waals surface area contributed by atoms with E-state index < -0.39 is 0 Å². The topological polar surface area (TPSA) is 20.3 Å². The Balaban J connectivity index is 3.72. The Bertz CT molecular complexity index is 485. The van der Waals surface area contributed by atoms with E-state index >= 15 is 0 Å². The summed E-state index contributed by atoms with van der Waals surface area (Å²) in [5.41, 5.74) is 7.04. The van der Waals surface area contributed by atoms with E-state index in [9.17, 15) is 4.79 Å². The standard InChI is InChI=1S/C16H25NO/c1-9(2)14-12(5)10(3)11(4)13(6)15(14)16(18)17(7)8/h9H,1-8H3. The third kappa shape index (κ3) is 2.29. The molecule has 1 aromatic rings. The lowest BCUT2D eigenvalue weighted by Crippen LogP contribution is -2.25. The molecule has 0 aliphatic carbocycles. The fourth-order valence-electron chi connectivity index (χ4n) is 2.56. The van der Waals surface area contributed by atoms with Crippen molar-refractivity contribution in [2.24, 2.45) is 0 Å². The Morgan fingerprint density at radius 3 is 1.72 bits per heavy atom. The van der Waals surface area contributed by atoms with Crippen LogP contribution in [0, 0.1) is 27.7 Å². The van der Waals surface area contributed by atoms with Crippen molar-refractivity contribution in [3.05, 3.63) is 33.4 Å². The first-order valence-electron chi connectivity index (χ1n) is 6.52. The molecular weight excluding hydrogens is 222 g/mol. The van der Waals surface area contributed by atoms with E-state index in [1.54, 1.807) is 4.90 Å². The van der Waals surface area contributed by atoms with Gasteiger partial charge < -0.3 is 4.90 Å². The van der Waals surface area contributed by atoms with Gasteiger partial charge in [0, 0.05) is 19.7 Å². The van der Waals surface area contributed by atoms with Gasteiger partial charge in [-0.05, 0) is 61.4 Å². The molecule has 1 rings (SSSR count). The van der Waals surface area contributed by atoms with Gasteiger partial charge >= 0.3 is 0 Å². The summed E-state index contributed by atoms with van der Waals surface area (Å²) in [4.78, 5) is 14.1. The van der Waals surface area contributed by atoms with Gasteiger partial charge in [0.1, 0.15) is 0 Å². The van der Waals surface area contributed by atoms with Crippen LogP contribution in [0.1, 0.15) is 57.9 Å². The van der Waals surface area contributed by atoms with Crippen LogP contribution < -0.4 is 0 Å². The molecule has 0 N–H and O–H groups in total. The summed E-state index contributed by atoms with van der Waals surface area (Å²) in [6.07, 6.45) is 0. The number of hydrogen-bond acceptors (Lipinski definition) is 1. The van der Waals surface area contributed by atoms with Crippen molar-refractivity contribution < 1.29 is 4.79 Å². The molecule has 0 saturated carbocycles. The van der Waals surface area contributed by atoms with Gasteiger partial charge in [-0.2, -0.15) is 0 Å². The number of carbonyl (C=O) groups excluding carboxylic acids is 1. The van der Waals surface area contributed by atoms with Crippen molar-refractivity contribution in [1.29, 1.82) is 0 Å². The molecule has 100 valence electrons. The van der Waals surface area contributed by atoms with E-state index in [0.29, 0.717) is 5.92 Å². The first-order chi connectivity index (χ1) is 8.20. The first kappa shape index (κ1) is 14.7. The summed E-state index contributed by atoms with van der Waals surface area (Å²) >= 11 is 0. The predicted molar refractivity (Wildman–Crippen MR) is 77.5 cm³/mol. The smallest absolute Gasteiger partial charge is 0.253 e. The molecule has 0 spiro atoms. The zero-order valence-electron chi connectivity index (χ0n) is 12.9. The normalized spacial score (nSPS) is 10.9. The molecular formula is C16H25NO. The highest BCUT2D eigenvalue weighted by atomic mass is 16.2. The zero-order valence-corrected chi connectivity index (χ0v) is 12.9. The highest BCUT2D eigenvalue weighted by Crippen LogP contribution is 2.32. The lowest BCUT2D eigenvalue weighted by Gasteiger charge is -2.24. The molecule has 2 heteroatoms. The highest BCUT2D eigenvalue weighted by Gasteiger charge is 2.23. The quantitative estimate of drug-likeness (QED) is 0.779. The van der Waals surface area contributed by atoms with E-state index in [0.717, 1.165) is 11.1 Å². The van der Waals surface area contributed by atoms with Gasteiger partial charge in [0.25, 0.3) is 5.91 Å². The molecule has 1 amide bonds. The Labute approximate surface area is 111 Å². The Kier molecular flexibility index (Phi) is 4.20. The van der Waals surface area contributed by atoms with Crippen LogP contribution in [0.4, 0.5) is 0 Å². The van der Waals surface area contributed by atoms with Gasteiger partial charge in [0.15, 0.2) is 0 Å². The lowest BCUT2D eigenvalue weighted by atomic mass is 9.83. The summed E-state index contributed by atoms with van der Waals surface area (Å²) in [5, 5.41) is 0. The summed E-state index contributed by atoms with van der Waals surface area (Å²) in [7, 11) is 3.63. The number of benzene rings is 1. The van der Waals surface area contributed by atoms with Crippen LogP contribution >= 0.6 is 0 Å². The molecule has 0 aliphatic heterocycles. The van der Waals surface area contributed by atoms with Gasteiger partial charge in [-0.25, -0.2) is 0 Å². The fraction of sp³-hybridized carbons (Fsp3) is 0.562. The fourth-order valence-corrected chi connectivity index (χ4v) is 2.56. The van der Waals surface area contributed by atoms with Crippen molar-refractivity contribution in [2.45, 2.75) is 47.5 Å². The second kappa shape index (κ2) is 5.13. The van der Waals surface area contributed by atoms with Gasteiger partial charge in [-0.1, -0.05) is 13.8 Å². The maximum absolute atomic E-state index is 12.4. The molecule has 18 heavy (non-hydrogen) atoms. The van der Waals surface area contributed by atoms with Crippen LogP contribution in [0.5, 0.6) is 0 Å². The Morgan fingerprint density at radius 2 is 1.33 bits per heavy atom. The van der Waals surface area contributed by atoms with Crippen LogP contribution in [0.2, 0.25) is 0 Å². The van der Waals surface area contributed by atoms with Crippen LogP contribution in [0.25, 0.3) is 0 Å². The maximum Gasteiger partial charge on any atom is 0.253 e. The molecule has 0 fully saturated rings. The van der Waals surface area contributed by atoms with Crippen molar-refractivity contribution in [3.8, 4) is 0 Å². The number of amides is 1. The van der Waals surface area contributed by atoms with E-state index in [-0.39, 0.29) is 5.91 Å². The Hall–Kier alpha value is -1.31. The monoisotopic (exact) mass is 247 g/mol. The number of nitrogens with zero attached hydrogens (tertiary/aromatic N) is 1. The summed E-state index contributed by atoms with van der Waals surface area (Å²) in [5.74, 6) is 0.476. The second-order valence-corrected chi connectivity index (χ2v) is 5.64. The highest BCUT2D eigenvalue weighted by molar-refractivity contribution is 5.98. The minimum atomic E-state index is 0.113. The SMILES string of the molecule is Cc1c(C)c(C)c(C(C)C)c(C(=O)N(C)C)c1C. The summed E-state index contributed by atoms with van der Waals surface area (Å²) in [6, 6.07) is 0. The third-order valence-electron chi connectivity index (χ3n) is 3.93. The predicted octanol–water partition coefficient (Wildman–Crippen LogP) is 3.75. The molecule has 2 nitrogen and oxygen atoms in total. The minimum Gasteiger partial charge on any atom is -0.345 e. The molecule has 0 heterocycles. The molecule has 0 atom stereocenters. The van der Waals surface area contributed by atoms with Crippen LogP contribution in [0.15, 0.2) is 0 Å². The molecule has 0 saturated heterocycles. The lowest BCUT2D eigenvalue weighted by molar-refractivity contribution is 0.0825. The molecule has 1 aromatic carbocycles. The third-order valence-corrected chi connectivity index (χ3v) is 3.93. The maximum atomic E-state index is 12.4. The molecule has 0 radical (unpaired) electrons. The first-order valence-corrected chi connectivity index (χ1v) is 6.52. The number of rotatable bonds is 2. The Morgan fingerprint density at radius 1 is 0.889 bits per heavy atom. The van der Waals surface area contributed by atoms with Crippen molar-refractivity contribution in [2.75, 3.05) is 14.1 Å². The van der Waals surface area contributed by atoms with Crippen LogP contribution in [0.3, 0.4) is 0 Å². The largest absolute Gasteiger partial charge is 0.345 e. The van der Waals surface area contributed by atoms with Crippen LogP contribution in [-0.4, -0.2) is 24.9 Å². The minimum absolute atomic E-state index is 0.113. The van der Waals surface area contributed by atoms with Crippen molar-refractivity contribution in [1.82, 2.24) is 4.90 Å². The van der Waals surface area contributed by atoms with E-state index in [1.165, 1.54) is 22.3 Å². The molecule has 0 bridgehead atoms. The van der Waals surface area contributed by atoms with Gasteiger partial charge in [0.2, 0.25) is 0 Å². The van der Waals surface area contributed by atoms with Crippen LogP contribution in [-0.2, 0) is 0 Å². The number of hydrogen-bond donors (Lipinski definition) is 0. The van der Waals surface area contributed by atoms with E-state index in [2.05, 4.69) is 41.5 Å². The van der Waals surface area contributed by atoms with Gasteiger partial charge in [-0.3, -0.25) is 4.79 Å². The zero-order chi connectivity index (χ0) is 14.2. The second-order valence-electron chi connectivity index (χ2n) is 5.64. The van der Waals surface area contributed by atoms with Gasteiger partial charge in [-0.15, -0.1) is 0 Å². The van der Waals surface area contributed by atoms with Crippen molar-refractivity contribution in [3.63, 3.8) is 0 Å². The summed E-state index contributed by atoms with van der Waals surface area (Å²) in [6.45, 7) is 12.8. The molecule has 0 aromatic heterocycles. The average molecular weight is 247 g/mol. The molecule has 0 unspecified atom stereocenters. The molecule has 0 aliphatic rings. The van der Waals surface area contributed by atoms with E-state index in [1.807, 2.05) is 14.1 Å².